The Balaban J connectivity index is 1.77. The van der Waals surface area contributed by atoms with Crippen LogP contribution in [0.1, 0.15) is 37.7 Å². The first-order chi connectivity index (χ1) is 12.6. The minimum absolute atomic E-state index is 0.166. The highest BCUT2D eigenvalue weighted by Gasteiger charge is 2.47. The van der Waals surface area contributed by atoms with Crippen molar-refractivity contribution in [2.45, 2.75) is 37.6 Å². The van der Waals surface area contributed by atoms with E-state index in [1.165, 1.54) is 43.2 Å². The monoisotopic (exact) mass is 367 g/mol. The number of likely N-dealkylation sites (N-methyl/N-ethyl adjacent to an activating group) is 1. The average molecular weight is 368 g/mol. The third kappa shape index (κ3) is 3.09. The van der Waals surface area contributed by atoms with Crippen LogP contribution >= 0.6 is 11.6 Å². The van der Waals surface area contributed by atoms with Crippen LogP contribution in [0.4, 0.5) is 0 Å². The van der Waals surface area contributed by atoms with E-state index in [9.17, 15) is 0 Å². The van der Waals surface area contributed by atoms with Crippen LogP contribution in [0.2, 0.25) is 5.02 Å². The second-order valence-electron chi connectivity index (χ2n) is 7.73. The molecule has 2 aromatic rings. The Morgan fingerprint density at radius 1 is 1.04 bits per heavy atom. The van der Waals surface area contributed by atoms with Crippen molar-refractivity contribution in [1.82, 2.24) is 10.2 Å². The number of benzene rings is 2. The quantitative estimate of drug-likeness (QED) is 0.777. The van der Waals surface area contributed by atoms with E-state index in [1.54, 1.807) is 0 Å². The molecular formula is C22H26ClN3. The molecule has 2 fully saturated rings. The molecule has 0 bridgehead atoms. The van der Waals surface area contributed by atoms with Crippen LogP contribution in [0, 0.1) is 11.3 Å². The van der Waals surface area contributed by atoms with Gasteiger partial charge in [0.2, 0.25) is 0 Å². The Morgan fingerprint density at radius 2 is 1.73 bits per heavy atom. The van der Waals surface area contributed by atoms with Gasteiger partial charge in [0.1, 0.15) is 0 Å². The first-order valence-electron chi connectivity index (χ1n) is 9.53. The summed E-state index contributed by atoms with van der Waals surface area (Å²) in [6, 6.07) is 16.8. The molecule has 0 amide bonds. The molecule has 1 unspecified atom stereocenters. The Bertz CT molecular complexity index is 813. The first kappa shape index (κ1) is 17.4. The summed E-state index contributed by atoms with van der Waals surface area (Å²) in [5.74, 6) is 1.10. The van der Waals surface area contributed by atoms with Gasteiger partial charge in [-0.25, -0.2) is 0 Å². The molecule has 1 saturated carbocycles. The topological polar surface area (TPSA) is 39.1 Å². The Morgan fingerprint density at radius 3 is 2.38 bits per heavy atom. The van der Waals surface area contributed by atoms with E-state index >= 15 is 0 Å². The summed E-state index contributed by atoms with van der Waals surface area (Å²) >= 11 is 6.20. The highest BCUT2D eigenvalue weighted by molar-refractivity contribution is 6.30. The normalized spacial score (nSPS) is 23.9. The average Bonchev–Trinajstić information content (AvgIpc) is 2.98. The lowest BCUT2D eigenvalue weighted by Gasteiger charge is -2.40. The third-order valence-electron chi connectivity index (χ3n) is 6.05. The maximum absolute atomic E-state index is 8.32. The summed E-state index contributed by atoms with van der Waals surface area (Å²) in [5.41, 5.74) is 3.44. The van der Waals surface area contributed by atoms with Crippen LogP contribution in [0.15, 0.2) is 48.5 Å². The molecule has 1 heterocycles. The molecule has 26 heavy (non-hydrogen) atoms. The number of halogens is 1. The lowest BCUT2D eigenvalue weighted by Crippen LogP contribution is -2.48. The molecule has 0 spiro atoms. The van der Waals surface area contributed by atoms with Crippen molar-refractivity contribution in [3.05, 3.63) is 59.1 Å². The summed E-state index contributed by atoms with van der Waals surface area (Å²) in [4.78, 5) is 2.04. The molecule has 4 rings (SSSR count). The van der Waals surface area contributed by atoms with E-state index < -0.39 is 0 Å². The van der Waals surface area contributed by atoms with Gasteiger partial charge in [0.15, 0.2) is 5.96 Å². The maximum Gasteiger partial charge on any atom is 0.191 e. The molecule has 136 valence electrons. The van der Waals surface area contributed by atoms with Gasteiger partial charge >= 0.3 is 0 Å². The Kier molecular flexibility index (Phi) is 4.66. The van der Waals surface area contributed by atoms with Gasteiger partial charge in [0.05, 0.1) is 5.54 Å². The Hall–Kier alpha value is -2.00. The van der Waals surface area contributed by atoms with Gasteiger partial charge in [-0.1, -0.05) is 61.2 Å². The predicted molar refractivity (Wildman–Crippen MR) is 109 cm³/mol. The zero-order valence-corrected chi connectivity index (χ0v) is 16.0. The predicted octanol–water partition coefficient (Wildman–Crippen LogP) is 5.25. The highest BCUT2D eigenvalue weighted by atomic mass is 35.5. The summed E-state index contributed by atoms with van der Waals surface area (Å²) in [5, 5.41) is 12.7. The van der Waals surface area contributed by atoms with Gasteiger partial charge < -0.3 is 10.2 Å². The number of nitrogens with one attached hydrogen (secondary N) is 2. The molecule has 1 aliphatic carbocycles. The summed E-state index contributed by atoms with van der Waals surface area (Å²) in [6.07, 6.45) is 6.38. The van der Waals surface area contributed by atoms with Gasteiger partial charge in [-0.05, 0) is 53.6 Å². The standard InChI is InChI=1S/C22H26ClN3/c1-26-15-22(25-21(26)24,18-9-3-2-4-10-18)19-11-5-7-16(13-19)17-8-6-12-20(23)14-17/h5-8,11-14,18H,2-4,9-10,15H2,1H3,(H2,24,25). The number of rotatable bonds is 3. The van der Waals surface area contributed by atoms with Gasteiger partial charge in [0, 0.05) is 18.6 Å². The summed E-state index contributed by atoms with van der Waals surface area (Å²) < 4.78 is 0. The van der Waals surface area contributed by atoms with Crippen LogP contribution in [-0.2, 0) is 5.54 Å². The van der Waals surface area contributed by atoms with E-state index in [0.717, 1.165) is 17.1 Å². The van der Waals surface area contributed by atoms with E-state index in [-0.39, 0.29) is 5.54 Å². The minimum Gasteiger partial charge on any atom is -0.345 e. The molecule has 3 nitrogen and oxygen atoms in total. The fraction of sp³-hybridized carbons (Fsp3) is 0.409. The van der Waals surface area contributed by atoms with Crippen molar-refractivity contribution >= 4 is 17.6 Å². The van der Waals surface area contributed by atoms with Crippen LogP contribution in [0.5, 0.6) is 0 Å². The zero-order chi connectivity index (χ0) is 18.1. The minimum atomic E-state index is -0.166. The molecule has 1 atom stereocenters. The third-order valence-corrected chi connectivity index (χ3v) is 6.28. The fourth-order valence-electron chi connectivity index (χ4n) is 4.67. The lowest BCUT2D eigenvalue weighted by molar-refractivity contribution is 0.186. The number of nitrogens with zero attached hydrogens (tertiary/aromatic N) is 1. The van der Waals surface area contributed by atoms with Gasteiger partial charge in [-0.3, -0.25) is 5.41 Å². The van der Waals surface area contributed by atoms with E-state index in [1.807, 2.05) is 30.1 Å². The number of hydrogen-bond donors (Lipinski definition) is 2. The second-order valence-corrected chi connectivity index (χ2v) is 8.16. The Labute approximate surface area is 160 Å². The van der Waals surface area contributed by atoms with Crippen molar-refractivity contribution in [3.8, 4) is 11.1 Å². The van der Waals surface area contributed by atoms with Crippen LogP contribution in [-0.4, -0.2) is 24.5 Å². The number of guanidine groups is 1. The molecule has 0 aromatic heterocycles. The first-order valence-corrected chi connectivity index (χ1v) is 9.91. The molecule has 2 aromatic carbocycles. The fourth-order valence-corrected chi connectivity index (χ4v) is 4.86. The highest BCUT2D eigenvalue weighted by Crippen LogP contribution is 2.43. The molecule has 1 aliphatic heterocycles. The largest absolute Gasteiger partial charge is 0.345 e. The lowest BCUT2D eigenvalue weighted by atomic mass is 9.71. The smallest absolute Gasteiger partial charge is 0.191 e. The van der Waals surface area contributed by atoms with Gasteiger partial charge in [-0.2, -0.15) is 0 Å². The van der Waals surface area contributed by atoms with E-state index in [2.05, 4.69) is 35.6 Å². The molecule has 1 saturated heterocycles. The molecular weight excluding hydrogens is 342 g/mol. The molecule has 0 radical (unpaired) electrons. The van der Waals surface area contributed by atoms with E-state index in [4.69, 9.17) is 17.0 Å². The second kappa shape index (κ2) is 6.96. The SMILES string of the molecule is CN1CC(c2cccc(-c3cccc(Cl)c3)c2)(C2CCCCC2)NC1=N. The van der Waals surface area contributed by atoms with Crippen LogP contribution in [0.25, 0.3) is 11.1 Å². The summed E-state index contributed by atoms with van der Waals surface area (Å²) in [7, 11) is 2.01. The molecule has 4 heteroatoms. The van der Waals surface area contributed by atoms with Crippen molar-refractivity contribution in [2.24, 2.45) is 5.92 Å². The van der Waals surface area contributed by atoms with Crippen LogP contribution < -0.4 is 5.32 Å². The van der Waals surface area contributed by atoms with Gasteiger partial charge in [0.25, 0.3) is 0 Å². The van der Waals surface area contributed by atoms with Crippen LogP contribution in [0.3, 0.4) is 0 Å². The van der Waals surface area contributed by atoms with Crippen molar-refractivity contribution in [1.29, 1.82) is 5.41 Å². The number of hydrogen-bond acceptors (Lipinski definition) is 1. The van der Waals surface area contributed by atoms with Crippen molar-refractivity contribution in [2.75, 3.05) is 13.6 Å². The molecule has 2 aliphatic rings. The van der Waals surface area contributed by atoms with Gasteiger partial charge in [-0.15, -0.1) is 0 Å². The summed E-state index contributed by atoms with van der Waals surface area (Å²) in [6.45, 7) is 0.857. The van der Waals surface area contributed by atoms with Crippen molar-refractivity contribution in [3.63, 3.8) is 0 Å². The molecule has 2 N–H and O–H groups in total. The van der Waals surface area contributed by atoms with E-state index in [0.29, 0.717) is 11.9 Å². The maximum atomic E-state index is 8.32. The zero-order valence-electron chi connectivity index (χ0n) is 15.3. The van der Waals surface area contributed by atoms with Crippen molar-refractivity contribution < 1.29 is 0 Å².